The van der Waals surface area contributed by atoms with Gasteiger partial charge in [-0.15, -0.1) is 5.92 Å². The number of benzene rings is 1. The van der Waals surface area contributed by atoms with Gasteiger partial charge >= 0.3 is 6.16 Å². The molecule has 0 radical (unpaired) electrons. The van der Waals surface area contributed by atoms with Gasteiger partial charge in [0.15, 0.2) is 5.78 Å². The molecule has 1 fully saturated rings. The predicted molar refractivity (Wildman–Crippen MR) is 91.8 cm³/mol. The van der Waals surface area contributed by atoms with Crippen LogP contribution in [-0.4, -0.2) is 26.2 Å². The fourth-order valence-corrected chi connectivity index (χ4v) is 3.64. The summed E-state index contributed by atoms with van der Waals surface area (Å²) in [7, 11) is 2.80. The average molecular weight is 340 g/mol. The third-order valence-corrected chi connectivity index (χ3v) is 4.77. The van der Waals surface area contributed by atoms with Crippen LogP contribution in [0.5, 0.6) is 5.75 Å². The van der Waals surface area contributed by atoms with Gasteiger partial charge in [-0.25, -0.2) is 4.79 Å². The molecular weight excluding hydrogens is 320 g/mol. The first-order valence-corrected chi connectivity index (χ1v) is 8.24. The first kappa shape index (κ1) is 17.1. The molecule has 2 atom stereocenters. The largest absolute Gasteiger partial charge is 0.513 e. The quantitative estimate of drug-likeness (QED) is 0.622. The zero-order valence-corrected chi connectivity index (χ0v) is 14.5. The molecule has 3 rings (SSSR count). The van der Waals surface area contributed by atoms with E-state index in [1.807, 2.05) is 6.07 Å². The fourth-order valence-electron chi connectivity index (χ4n) is 3.64. The van der Waals surface area contributed by atoms with Crippen molar-refractivity contribution >= 4 is 17.5 Å². The third kappa shape index (κ3) is 3.12. The lowest BCUT2D eigenvalue weighted by molar-refractivity contribution is -0.117. The van der Waals surface area contributed by atoms with Crippen LogP contribution in [-0.2, 0) is 14.3 Å². The molecule has 2 bridgehead atoms. The monoisotopic (exact) mass is 340 g/mol. The third-order valence-electron chi connectivity index (χ3n) is 4.77. The van der Waals surface area contributed by atoms with E-state index in [2.05, 4.69) is 16.6 Å². The number of ether oxygens (including phenoxy) is 3. The van der Waals surface area contributed by atoms with Gasteiger partial charge in [0.2, 0.25) is 0 Å². The van der Waals surface area contributed by atoms with Gasteiger partial charge in [0, 0.05) is 23.0 Å². The SMILES string of the molecule is CC#Cc1ccc(C2=C(OC(=O)OC)C3CCC(C3)C2=O)c(OC)c1. The van der Waals surface area contributed by atoms with E-state index in [1.165, 1.54) is 7.11 Å². The van der Waals surface area contributed by atoms with Crippen molar-refractivity contribution in [2.45, 2.75) is 26.2 Å². The molecule has 0 N–H and O–H groups in total. The molecule has 0 saturated heterocycles. The molecule has 0 aromatic heterocycles. The molecule has 130 valence electrons. The fraction of sp³-hybridized carbons (Fsp3) is 0.400. The minimum Gasteiger partial charge on any atom is -0.496 e. The topological polar surface area (TPSA) is 61.8 Å². The van der Waals surface area contributed by atoms with Gasteiger partial charge in [-0.1, -0.05) is 5.92 Å². The Hall–Kier alpha value is -2.74. The van der Waals surface area contributed by atoms with Gasteiger partial charge in [0.05, 0.1) is 19.8 Å². The highest BCUT2D eigenvalue weighted by Crippen LogP contribution is 2.48. The average Bonchev–Trinajstić information content (AvgIpc) is 3.07. The summed E-state index contributed by atoms with van der Waals surface area (Å²) in [6.45, 7) is 1.76. The Morgan fingerprint density at radius 3 is 2.64 bits per heavy atom. The second kappa shape index (κ2) is 7.02. The molecule has 2 aliphatic rings. The Morgan fingerprint density at radius 2 is 1.96 bits per heavy atom. The molecule has 5 nitrogen and oxygen atoms in total. The van der Waals surface area contributed by atoms with Crippen LogP contribution in [0.4, 0.5) is 4.79 Å². The van der Waals surface area contributed by atoms with Crippen molar-refractivity contribution in [3.8, 4) is 17.6 Å². The normalized spacial score (nSPS) is 21.5. The molecule has 1 aromatic rings. The summed E-state index contributed by atoms with van der Waals surface area (Å²) < 4.78 is 15.5. The summed E-state index contributed by atoms with van der Waals surface area (Å²) in [6, 6.07) is 5.43. The molecule has 1 saturated carbocycles. The molecule has 2 unspecified atom stereocenters. The van der Waals surface area contributed by atoms with Crippen molar-refractivity contribution in [3.05, 3.63) is 35.1 Å². The van der Waals surface area contributed by atoms with Crippen molar-refractivity contribution in [2.24, 2.45) is 11.8 Å². The number of rotatable bonds is 3. The lowest BCUT2D eigenvalue weighted by atomic mass is 9.83. The standard InChI is InChI=1S/C20H20O5/c1-4-5-12-6-9-15(16(10-12)23-2)17-18(21)13-7-8-14(11-13)19(17)25-20(22)24-3/h6,9-10,13-14H,7-8,11H2,1-3H3. The van der Waals surface area contributed by atoms with E-state index in [0.29, 0.717) is 22.6 Å². The van der Waals surface area contributed by atoms with Gasteiger partial charge in [0.25, 0.3) is 0 Å². The van der Waals surface area contributed by atoms with Crippen LogP contribution >= 0.6 is 0 Å². The molecule has 5 heteroatoms. The maximum absolute atomic E-state index is 13.0. The smallest absolute Gasteiger partial charge is 0.496 e. The van der Waals surface area contributed by atoms with Crippen molar-refractivity contribution < 1.29 is 23.8 Å². The van der Waals surface area contributed by atoms with E-state index < -0.39 is 6.16 Å². The summed E-state index contributed by atoms with van der Waals surface area (Å²) in [5.41, 5.74) is 1.85. The number of allylic oxidation sites excluding steroid dienone is 2. The first-order valence-electron chi connectivity index (χ1n) is 8.24. The Labute approximate surface area is 147 Å². The van der Waals surface area contributed by atoms with Crippen LogP contribution in [0.2, 0.25) is 0 Å². The highest BCUT2D eigenvalue weighted by Gasteiger charge is 2.43. The predicted octanol–water partition coefficient (Wildman–Crippen LogP) is 3.56. The van der Waals surface area contributed by atoms with Gasteiger partial charge in [0.1, 0.15) is 11.5 Å². The van der Waals surface area contributed by atoms with Crippen molar-refractivity contribution in [2.75, 3.05) is 14.2 Å². The number of Topliss-reactive ketones (excluding diaryl/α,β-unsaturated/α-hetero) is 1. The van der Waals surface area contributed by atoms with E-state index in [1.54, 1.807) is 26.2 Å². The molecule has 0 spiro atoms. The van der Waals surface area contributed by atoms with Crippen LogP contribution in [0.15, 0.2) is 24.0 Å². The minimum atomic E-state index is -0.807. The summed E-state index contributed by atoms with van der Waals surface area (Å²) in [5, 5.41) is 0. The number of ketones is 1. The van der Waals surface area contributed by atoms with Crippen LogP contribution in [0.1, 0.15) is 37.3 Å². The molecule has 0 heterocycles. The van der Waals surface area contributed by atoms with Crippen LogP contribution in [0.3, 0.4) is 0 Å². The molecule has 25 heavy (non-hydrogen) atoms. The van der Waals surface area contributed by atoms with Crippen molar-refractivity contribution in [3.63, 3.8) is 0 Å². The van der Waals surface area contributed by atoms with E-state index in [0.717, 1.165) is 24.8 Å². The summed E-state index contributed by atoms with van der Waals surface area (Å²) in [6.07, 6.45) is 1.55. The van der Waals surface area contributed by atoms with Crippen LogP contribution in [0, 0.1) is 23.7 Å². The van der Waals surface area contributed by atoms with Gasteiger partial charge in [-0.3, -0.25) is 4.79 Å². The van der Waals surface area contributed by atoms with Crippen molar-refractivity contribution in [1.82, 2.24) is 0 Å². The lowest BCUT2D eigenvalue weighted by Crippen LogP contribution is -2.24. The summed E-state index contributed by atoms with van der Waals surface area (Å²) >= 11 is 0. The van der Waals surface area contributed by atoms with Gasteiger partial charge in [-0.05, 0) is 44.4 Å². The van der Waals surface area contributed by atoms with Gasteiger partial charge in [-0.2, -0.15) is 0 Å². The Bertz CT molecular complexity index is 809. The summed E-state index contributed by atoms with van der Waals surface area (Å²) in [5.74, 6) is 6.78. The minimum absolute atomic E-state index is 0.000258. The number of methoxy groups -OCH3 is 2. The van der Waals surface area contributed by atoms with E-state index in [-0.39, 0.29) is 17.6 Å². The van der Waals surface area contributed by atoms with Crippen LogP contribution in [0.25, 0.3) is 5.57 Å². The second-order valence-corrected chi connectivity index (χ2v) is 6.16. The Balaban J connectivity index is 2.15. The maximum atomic E-state index is 13.0. The zero-order chi connectivity index (χ0) is 18.0. The van der Waals surface area contributed by atoms with E-state index in [9.17, 15) is 9.59 Å². The Morgan fingerprint density at radius 1 is 1.20 bits per heavy atom. The highest BCUT2D eigenvalue weighted by molar-refractivity contribution is 6.24. The second-order valence-electron chi connectivity index (χ2n) is 6.16. The van der Waals surface area contributed by atoms with Gasteiger partial charge < -0.3 is 14.2 Å². The number of hydrogen-bond acceptors (Lipinski definition) is 5. The van der Waals surface area contributed by atoms with Crippen LogP contribution < -0.4 is 4.74 Å². The molecule has 0 aliphatic heterocycles. The molecule has 1 aromatic carbocycles. The number of carbonyl (C=O) groups is 2. The number of hydrogen-bond donors (Lipinski definition) is 0. The molecular formula is C20H20O5. The highest BCUT2D eigenvalue weighted by atomic mass is 16.7. The lowest BCUT2D eigenvalue weighted by Gasteiger charge is -2.25. The number of fused-ring (bicyclic) bond motifs is 2. The van der Waals surface area contributed by atoms with E-state index in [4.69, 9.17) is 9.47 Å². The first-order chi connectivity index (χ1) is 12.1. The maximum Gasteiger partial charge on any atom is 0.513 e. The summed E-state index contributed by atoms with van der Waals surface area (Å²) in [4.78, 5) is 24.7. The zero-order valence-electron chi connectivity index (χ0n) is 14.5. The van der Waals surface area contributed by atoms with Crippen molar-refractivity contribution in [1.29, 1.82) is 0 Å². The Kier molecular flexibility index (Phi) is 4.80. The van der Waals surface area contributed by atoms with E-state index >= 15 is 0 Å². The molecule has 2 aliphatic carbocycles. The number of carbonyl (C=O) groups excluding carboxylic acids is 2. The molecule has 0 amide bonds.